The molecular formula is C19H15N5OS2. The molecule has 5 rings (SSSR count). The number of thiazole rings is 1. The van der Waals surface area contributed by atoms with Crippen molar-refractivity contribution in [3.63, 3.8) is 0 Å². The van der Waals surface area contributed by atoms with E-state index in [1.54, 1.807) is 23.9 Å². The average Bonchev–Trinajstić information content (AvgIpc) is 3.43. The summed E-state index contributed by atoms with van der Waals surface area (Å²) in [4.78, 5) is 23.8. The summed E-state index contributed by atoms with van der Waals surface area (Å²) in [5.41, 5.74) is 3.07. The van der Waals surface area contributed by atoms with Crippen LogP contribution in [0.1, 0.15) is 28.2 Å². The van der Waals surface area contributed by atoms with Crippen molar-refractivity contribution in [3.05, 3.63) is 71.1 Å². The molecule has 4 heterocycles. The normalized spacial score (nSPS) is 12.6. The standard InChI is InChI=1S/C19H15N5OS2/c1-12(13-2-4-14(5-3-13)23-7-6-20-11-23)21-17(25)16-10-15-18(27-16)22-19-24(15)8-9-26-19/h2-12H,1H3,(H,21,25). The minimum Gasteiger partial charge on any atom is -0.345 e. The van der Waals surface area contributed by atoms with E-state index >= 15 is 0 Å². The maximum Gasteiger partial charge on any atom is 0.261 e. The summed E-state index contributed by atoms with van der Waals surface area (Å²) in [6, 6.07) is 9.92. The van der Waals surface area contributed by atoms with Crippen LogP contribution in [0.3, 0.4) is 0 Å². The van der Waals surface area contributed by atoms with Crippen LogP contribution in [0, 0.1) is 0 Å². The number of nitrogens with zero attached hydrogens (tertiary/aromatic N) is 4. The number of rotatable bonds is 4. The van der Waals surface area contributed by atoms with Crippen molar-refractivity contribution < 1.29 is 4.79 Å². The molecule has 134 valence electrons. The molecule has 0 bridgehead atoms. The Labute approximate surface area is 162 Å². The van der Waals surface area contributed by atoms with E-state index in [0.29, 0.717) is 4.88 Å². The molecule has 0 saturated carbocycles. The van der Waals surface area contributed by atoms with E-state index < -0.39 is 0 Å². The second-order valence-corrected chi connectivity index (χ2v) is 8.13. The number of aromatic nitrogens is 4. The second kappa shape index (κ2) is 6.33. The number of carbonyl (C=O) groups is 1. The molecule has 27 heavy (non-hydrogen) atoms. The molecule has 4 aromatic heterocycles. The highest BCUT2D eigenvalue weighted by molar-refractivity contribution is 7.21. The van der Waals surface area contributed by atoms with Gasteiger partial charge in [0, 0.05) is 29.7 Å². The van der Waals surface area contributed by atoms with E-state index in [1.165, 1.54) is 11.3 Å². The monoisotopic (exact) mass is 393 g/mol. The molecule has 0 aliphatic carbocycles. The highest BCUT2D eigenvalue weighted by Gasteiger charge is 2.17. The van der Waals surface area contributed by atoms with Crippen molar-refractivity contribution in [1.29, 1.82) is 0 Å². The van der Waals surface area contributed by atoms with Crippen molar-refractivity contribution in [1.82, 2.24) is 24.3 Å². The lowest BCUT2D eigenvalue weighted by atomic mass is 10.1. The Balaban J connectivity index is 1.34. The van der Waals surface area contributed by atoms with Crippen molar-refractivity contribution in [2.75, 3.05) is 0 Å². The van der Waals surface area contributed by atoms with Crippen LogP contribution in [-0.4, -0.2) is 24.8 Å². The SMILES string of the molecule is CC(NC(=O)c1cc2c(nc3sccn32)s1)c1ccc(-n2ccnc2)cc1. The van der Waals surface area contributed by atoms with E-state index in [-0.39, 0.29) is 11.9 Å². The number of thiophene rings is 1. The predicted molar refractivity (Wildman–Crippen MR) is 108 cm³/mol. The molecule has 0 saturated heterocycles. The van der Waals surface area contributed by atoms with Crippen LogP contribution in [-0.2, 0) is 0 Å². The lowest BCUT2D eigenvalue weighted by molar-refractivity contribution is 0.0944. The molecule has 1 unspecified atom stereocenters. The van der Waals surface area contributed by atoms with Gasteiger partial charge in [0.1, 0.15) is 4.83 Å². The predicted octanol–water partition coefficient (Wildman–Crippen LogP) is 4.29. The van der Waals surface area contributed by atoms with Gasteiger partial charge in [0.15, 0.2) is 4.96 Å². The quantitative estimate of drug-likeness (QED) is 0.495. The number of hydrogen-bond acceptors (Lipinski definition) is 5. The maximum atomic E-state index is 12.7. The molecule has 0 aliphatic rings. The van der Waals surface area contributed by atoms with Gasteiger partial charge < -0.3 is 9.88 Å². The maximum absolute atomic E-state index is 12.7. The fourth-order valence-electron chi connectivity index (χ4n) is 3.06. The number of carbonyl (C=O) groups excluding carboxylic acids is 1. The van der Waals surface area contributed by atoms with E-state index in [0.717, 1.165) is 26.6 Å². The van der Waals surface area contributed by atoms with E-state index in [9.17, 15) is 4.79 Å². The second-order valence-electron chi connectivity index (χ2n) is 6.23. The lowest BCUT2D eigenvalue weighted by Crippen LogP contribution is -2.25. The van der Waals surface area contributed by atoms with Crippen LogP contribution in [0.2, 0.25) is 0 Å². The molecule has 5 aromatic rings. The molecule has 6 nitrogen and oxygen atoms in total. The van der Waals surface area contributed by atoms with Gasteiger partial charge in [-0.15, -0.1) is 22.7 Å². The van der Waals surface area contributed by atoms with Crippen molar-refractivity contribution >= 4 is 43.9 Å². The Morgan fingerprint density at radius 3 is 2.85 bits per heavy atom. The summed E-state index contributed by atoms with van der Waals surface area (Å²) in [7, 11) is 0. The van der Waals surface area contributed by atoms with Crippen LogP contribution < -0.4 is 5.32 Å². The third-order valence-corrected chi connectivity index (χ3v) is 6.28. The first-order valence-corrected chi connectivity index (χ1v) is 10.1. The van der Waals surface area contributed by atoms with Crippen LogP contribution >= 0.6 is 22.7 Å². The number of imidazole rings is 2. The largest absolute Gasteiger partial charge is 0.345 e. The summed E-state index contributed by atoms with van der Waals surface area (Å²) in [5.74, 6) is -0.0758. The molecular weight excluding hydrogens is 378 g/mol. The fraction of sp³-hybridized carbons (Fsp3) is 0.105. The third-order valence-electron chi connectivity index (χ3n) is 4.51. The number of hydrogen-bond donors (Lipinski definition) is 1. The summed E-state index contributed by atoms with van der Waals surface area (Å²) in [6.07, 6.45) is 7.39. The van der Waals surface area contributed by atoms with Gasteiger partial charge in [-0.25, -0.2) is 9.97 Å². The molecule has 0 radical (unpaired) electrons. The van der Waals surface area contributed by atoms with Gasteiger partial charge in [0.05, 0.1) is 22.8 Å². The molecule has 0 fully saturated rings. The van der Waals surface area contributed by atoms with Crippen LogP contribution in [0.25, 0.3) is 21.0 Å². The van der Waals surface area contributed by atoms with Crippen molar-refractivity contribution in [3.8, 4) is 5.69 Å². The van der Waals surface area contributed by atoms with Gasteiger partial charge >= 0.3 is 0 Å². The zero-order chi connectivity index (χ0) is 18.4. The zero-order valence-corrected chi connectivity index (χ0v) is 16.0. The van der Waals surface area contributed by atoms with Gasteiger partial charge in [-0.2, -0.15) is 0 Å². The number of fused-ring (bicyclic) bond motifs is 3. The summed E-state index contributed by atoms with van der Waals surface area (Å²) in [6.45, 7) is 1.99. The number of benzene rings is 1. The Morgan fingerprint density at radius 2 is 2.07 bits per heavy atom. The van der Waals surface area contributed by atoms with Crippen molar-refractivity contribution in [2.45, 2.75) is 13.0 Å². The van der Waals surface area contributed by atoms with Crippen molar-refractivity contribution in [2.24, 2.45) is 0 Å². The number of amides is 1. The van der Waals surface area contributed by atoms with E-state index in [1.807, 2.05) is 64.0 Å². The van der Waals surface area contributed by atoms with E-state index in [2.05, 4.69) is 15.3 Å². The van der Waals surface area contributed by atoms with Gasteiger partial charge in [0.2, 0.25) is 0 Å². The molecule has 1 aromatic carbocycles. The van der Waals surface area contributed by atoms with Gasteiger partial charge in [0.25, 0.3) is 5.91 Å². The number of nitrogens with one attached hydrogen (secondary N) is 1. The summed E-state index contributed by atoms with van der Waals surface area (Å²) in [5, 5.41) is 5.07. The first-order chi connectivity index (χ1) is 13.2. The van der Waals surface area contributed by atoms with Gasteiger partial charge in [-0.05, 0) is 30.7 Å². The highest BCUT2D eigenvalue weighted by atomic mass is 32.1. The summed E-state index contributed by atoms with van der Waals surface area (Å²) >= 11 is 3.02. The molecule has 0 aliphatic heterocycles. The average molecular weight is 393 g/mol. The molecule has 1 amide bonds. The molecule has 1 atom stereocenters. The van der Waals surface area contributed by atoms with Gasteiger partial charge in [-0.3, -0.25) is 9.20 Å². The van der Waals surface area contributed by atoms with Crippen LogP contribution in [0.5, 0.6) is 0 Å². The Morgan fingerprint density at radius 1 is 1.22 bits per heavy atom. The fourth-order valence-corrected chi connectivity index (χ4v) is 4.76. The third kappa shape index (κ3) is 2.83. The minimum atomic E-state index is -0.0902. The Hall–Kier alpha value is -2.97. The molecule has 1 N–H and O–H groups in total. The minimum absolute atomic E-state index is 0.0758. The topological polar surface area (TPSA) is 64.2 Å². The lowest BCUT2D eigenvalue weighted by Gasteiger charge is -2.14. The molecule has 8 heteroatoms. The van der Waals surface area contributed by atoms with E-state index in [4.69, 9.17) is 0 Å². The smallest absolute Gasteiger partial charge is 0.261 e. The first kappa shape index (κ1) is 16.2. The van der Waals surface area contributed by atoms with Crippen LogP contribution in [0.15, 0.2) is 60.6 Å². The Kier molecular flexibility index (Phi) is 3.80. The first-order valence-electron chi connectivity index (χ1n) is 8.43. The highest BCUT2D eigenvalue weighted by Crippen LogP contribution is 2.28. The Bertz CT molecular complexity index is 1230. The summed E-state index contributed by atoms with van der Waals surface area (Å²) < 4.78 is 3.96. The van der Waals surface area contributed by atoms with Crippen LogP contribution in [0.4, 0.5) is 0 Å². The zero-order valence-electron chi connectivity index (χ0n) is 14.4. The molecule has 0 spiro atoms. The van der Waals surface area contributed by atoms with Gasteiger partial charge in [-0.1, -0.05) is 12.1 Å².